The molecule has 0 saturated carbocycles. The second-order valence-electron chi connectivity index (χ2n) is 8.48. The van der Waals surface area contributed by atoms with Crippen LogP contribution in [0.2, 0.25) is 0 Å². The van der Waals surface area contributed by atoms with Gasteiger partial charge in [0.25, 0.3) is 5.91 Å². The van der Waals surface area contributed by atoms with E-state index in [4.69, 9.17) is 10.7 Å². The van der Waals surface area contributed by atoms with Crippen molar-refractivity contribution in [3.05, 3.63) is 101 Å². The Kier molecular flexibility index (Phi) is 7.22. The highest BCUT2D eigenvalue weighted by Gasteiger charge is 2.36. The number of nitrogens with zero attached hydrogens (tertiary/aromatic N) is 1. The molecule has 1 heterocycles. The number of amides is 3. The summed E-state index contributed by atoms with van der Waals surface area (Å²) >= 11 is 1.60. The number of aromatic nitrogens is 1. The third kappa shape index (κ3) is 5.73. The number of carbonyl (C=O) groups is 3. The average molecular weight is 487 g/mol. The lowest BCUT2D eigenvalue weighted by atomic mass is 9.78. The fourth-order valence-electron chi connectivity index (χ4n) is 3.84. The number of thiazole rings is 1. The van der Waals surface area contributed by atoms with E-state index in [1.165, 1.54) is 0 Å². The molecule has 35 heavy (non-hydrogen) atoms. The normalized spacial score (nSPS) is 12.6. The van der Waals surface area contributed by atoms with Crippen molar-refractivity contribution >= 4 is 39.3 Å². The average Bonchev–Trinajstić information content (AvgIpc) is 3.28. The van der Waals surface area contributed by atoms with Crippen LogP contribution in [0.4, 0.5) is 0 Å². The van der Waals surface area contributed by atoms with Crippen LogP contribution in [0, 0.1) is 0 Å². The number of fused-ring (bicyclic) bond motifs is 1. The van der Waals surface area contributed by atoms with Gasteiger partial charge >= 0.3 is 0 Å². The Morgan fingerprint density at radius 1 is 0.914 bits per heavy atom. The SMILES string of the molecule is CC(Cc1nc2ccccc2s1)(C(=O)NCc1ccc(C(=O)NCC(N)=O)cc1)c1ccccc1. The van der Waals surface area contributed by atoms with Gasteiger partial charge in [-0.3, -0.25) is 14.4 Å². The molecule has 1 atom stereocenters. The highest BCUT2D eigenvalue weighted by molar-refractivity contribution is 7.18. The standard InChI is InChI=1S/C27H26N4O3S/c1-27(20-7-3-2-4-8-20,15-24-31-21-9-5-6-10-22(21)35-24)26(34)30-16-18-11-13-19(14-12-18)25(33)29-17-23(28)32/h2-14H,15-17H2,1H3,(H2,28,32)(H,29,33)(H,30,34). The van der Waals surface area contributed by atoms with Crippen LogP contribution in [0.3, 0.4) is 0 Å². The van der Waals surface area contributed by atoms with E-state index in [1.54, 1.807) is 35.6 Å². The van der Waals surface area contributed by atoms with Crippen LogP contribution < -0.4 is 16.4 Å². The minimum Gasteiger partial charge on any atom is -0.368 e. The summed E-state index contributed by atoms with van der Waals surface area (Å²) < 4.78 is 1.10. The van der Waals surface area contributed by atoms with Crippen molar-refractivity contribution in [1.82, 2.24) is 15.6 Å². The van der Waals surface area contributed by atoms with Gasteiger partial charge in [0, 0.05) is 18.5 Å². The van der Waals surface area contributed by atoms with Crippen LogP contribution in [0.1, 0.15) is 33.4 Å². The lowest BCUT2D eigenvalue weighted by Gasteiger charge is -2.28. The predicted octanol–water partition coefficient (Wildman–Crippen LogP) is 3.33. The third-order valence-corrected chi connectivity index (χ3v) is 6.88. The number of benzene rings is 3. The molecule has 0 fully saturated rings. The van der Waals surface area contributed by atoms with Gasteiger partial charge in [-0.25, -0.2) is 4.98 Å². The maximum absolute atomic E-state index is 13.5. The van der Waals surface area contributed by atoms with Crippen LogP contribution in [-0.4, -0.2) is 29.3 Å². The van der Waals surface area contributed by atoms with Crippen LogP contribution in [-0.2, 0) is 28.0 Å². The molecule has 4 rings (SSSR count). The Morgan fingerprint density at radius 3 is 2.29 bits per heavy atom. The van der Waals surface area contributed by atoms with E-state index in [2.05, 4.69) is 10.6 Å². The quantitative estimate of drug-likeness (QED) is 0.337. The molecular weight excluding hydrogens is 460 g/mol. The number of rotatable bonds is 9. The molecule has 0 aliphatic carbocycles. The van der Waals surface area contributed by atoms with Crippen LogP contribution in [0.25, 0.3) is 10.2 Å². The van der Waals surface area contributed by atoms with Gasteiger partial charge in [0.05, 0.1) is 27.2 Å². The number of hydrogen-bond acceptors (Lipinski definition) is 5. The summed E-state index contributed by atoms with van der Waals surface area (Å²) in [6, 6.07) is 24.5. The molecule has 0 bridgehead atoms. The first-order chi connectivity index (χ1) is 16.8. The van der Waals surface area contributed by atoms with Crippen LogP contribution >= 0.6 is 11.3 Å². The zero-order valence-corrected chi connectivity index (χ0v) is 20.1. The Labute approximate surface area is 207 Å². The Morgan fingerprint density at radius 2 is 1.60 bits per heavy atom. The van der Waals surface area contributed by atoms with Crippen molar-refractivity contribution in [1.29, 1.82) is 0 Å². The van der Waals surface area contributed by atoms with Gasteiger partial charge in [0.15, 0.2) is 0 Å². The summed E-state index contributed by atoms with van der Waals surface area (Å²) in [5.41, 5.74) is 7.35. The zero-order chi connectivity index (χ0) is 24.8. The molecule has 178 valence electrons. The van der Waals surface area contributed by atoms with Crippen molar-refractivity contribution in [2.75, 3.05) is 6.54 Å². The molecule has 3 amide bonds. The maximum atomic E-state index is 13.5. The molecule has 1 aromatic heterocycles. The second-order valence-corrected chi connectivity index (χ2v) is 9.59. The van der Waals surface area contributed by atoms with Gasteiger partial charge < -0.3 is 16.4 Å². The molecule has 7 nitrogen and oxygen atoms in total. The molecular formula is C27H26N4O3S. The predicted molar refractivity (Wildman–Crippen MR) is 137 cm³/mol. The van der Waals surface area contributed by atoms with Crippen molar-refractivity contribution in [3.8, 4) is 0 Å². The molecule has 8 heteroatoms. The minimum atomic E-state index is -0.816. The van der Waals surface area contributed by atoms with Crippen molar-refractivity contribution < 1.29 is 14.4 Å². The Bertz CT molecular complexity index is 1320. The fourth-order valence-corrected chi connectivity index (χ4v) is 4.96. The lowest BCUT2D eigenvalue weighted by molar-refractivity contribution is -0.126. The van der Waals surface area contributed by atoms with Crippen molar-refractivity contribution in [3.63, 3.8) is 0 Å². The van der Waals surface area contributed by atoms with E-state index in [-0.39, 0.29) is 18.4 Å². The molecule has 0 aliphatic rings. The highest BCUT2D eigenvalue weighted by Crippen LogP contribution is 2.32. The topological polar surface area (TPSA) is 114 Å². The van der Waals surface area contributed by atoms with Gasteiger partial charge in [-0.05, 0) is 42.3 Å². The summed E-state index contributed by atoms with van der Waals surface area (Å²) in [5, 5.41) is 6.41. The largest absolute Gasteiger partial charge is 0.368 e. The first-order valence-corrected chi connectivity index (χ1v) is 12.0. The highest BCUT2D eigenvalue weighted by atomic mass is 32.1. The van der Waals surface area contributed by atoms with Gasteiger partial charge in [0.2, 0.25) is 11.8 Å². The van der Waals surface area contributed by atoms with Crippen molar-refractivity contribution in [2.24, 2.45) is 5.73 Å². The first kappa shape index (κ1) is 24.1. The number of primary amides is 1. The fraction of sp³-hybridized carbons (Fsp3) is 0.185. The third-order valence-electron chi connectivity index (χ3n) is 5.85. The van der Waals surface area contributed by atoms with E-state index in [0.717, 1.165) is 26.4 Å². The molecule has 0 saturated heterocycles. The molecule has 0 spiro atoms. The van der Waals surface area contributed by atoms with Gasteiger partial charge in [0.1, 0.15) is 0 Å². The summed E-state index contributed by atoms with van der Waals surface area (Å²) in [6.07, 6.45) is 0.473. The summed E-state index contributed by atoms with van der Waals surface area (Å²) in [6.45, 7) is 2.03. The van der Waals surface area contributed by atoms with Gasteiger partial charge in [-0.2, -0.15) is 0 Å². The first-order valence-electron chi connectivity index (χ1n) is 11.2. The Hall–Kier alpha value is -4.04. The second kappa shape index (κ2) is 10.5. The van der Waals surface area contributed by atoms with Gasteiger partial charge in [-0.15, -0.1) is 11.3 Å². The molecule has 1 unspecified atom stereocenters. The van der Waals surface area contributed by atoms with E-state index in [1.807, 2.05) is 61.5 Å². The molecule has 3 aromatic carbocycles. The summed E-state index contributed by atoms with van der Waals surface area (Å²) in [5.74, 6) is -1.09. The number of hydrogen-bond donors (Lipinski definition) is 3. The summed E-state index contributed by atoms with van der Waals surface area (Å²) in [7, 11) is 0. The minimum absolute atomic E-state index is 0.105. The van der Waals surface area contributed by atoms with E-state index in [0.29, 0.717) is 18.5 Å². The van der Waals surface area contributed by atoms with E-state index in [9.17, 15) is 14.4 Å². The lowest BCUT2D eigenvalue weighted by Crippen LogP contribution is -2.43. The van der Waals surface area contributed by atoms with Crippen molar-refractivity contribution in [2.45, 2.75) is 25.3 Å². The summed E-state index contributed by atoms with van der Waals surface area (Å²) in [4.78, 5) is 41.2. The molecule has 0 aliphatic heterocycles. The van der Waals surface area contributed by atoms with Crippen LogP contribution in [0.5, 0.6) is 0 Å². The van der Waals surface area contributed by atoms with Gasteiger partial charge in [-0.1, -0.05) is 54.6 Å². The number of nitrogens with one attached hydrogen (secondary N) is 2. The smallest absolute Gasteiger partial charge is 0.251 e. The number of nitrogens with two attached hydrogens (primary N) is 1. The van der Waals surface area contributed by atoms with E-state index >= 15 is 0 Å². The molecule has 4 aromatic rings. The maximum Gasteiger partial charge on any atom is 0.251 e. The van der Waals surface area contributed by atoms with E-state index < -0.39 is 11.3 Å². The number of carbonyl (C=O) groups excluding carboxylic acids is 3. The molecule has 0 radical (unpaired) electrons. The zero-order valence-electron chi connectivity index (χ0n) is 19.3. The van der Waals surface area contributed by atoms with Crippen LogP contribution in [0.15, 0.2) is 78.9 Å². The Balaban J connectivity index is 1.49. The molecule has 4 N–H and O–H groups in total. The number of para-hydroxylation sites is 1. The monoisotopic (exact) mass is 486 g/mol.